The smallest absolute Gasteiger partial charge is 0.336 e. The Morgan fingerprint density at radius 2 is 1.68 bits per heavy atom. The number of carbonyl (C=O) groups excluding carboxylic acids is 1. The molecule has 0 amide bonds. The van der Waals surface area contributed by atoms with Gasteiger partial charge in [0.2, 0.25) is 0 Å². The first-order valence-corrected chi connectivity index (χ1v) is 14.6. The summed E-state index contributed by atoms with van der Waals surface area (Å²) in [6.07, 6.45) is 15.8. The number of carbonyl (C=O) groups is 1. The van der Waals surface area contributed by atoms with Crippen LogP contribution in [0, 0.1) is 52.3 Å². The van der Waals surface area contributed by atoms with E-state index in [1.54, 1.807) is 0 Å². The van der Waals surface area contributed by atoms with Crippen molar-refractivity contribution in [3.8, 4) is 0 Å². The second-order valence-corrected chi connectivity index (χ2v) is 13.8. The summed E-state index contributed by atoms with van der Waals surface area (Å²) in [5, 5.41) is 9.20. The maximum Gasteiger partial charge on any atom is 0.336 e. The van der Waals surface area contributed by atoms with Crippen LogP contribution in [0.4, 0.5) is 0 Å². The lowest BCUT2D eigenvalue weighted by Gasteiger charge is -2.61. The standard InChI is InChI=1S/C31H52O3/c1-20(2)8-7-9-21(3)26-12-13-27-25-11-10-23-18-24(34-29(33)22(4)19-32)14-16-30(23,5)28(25)15-17-31(26,27)6/h20-21,23-28,32H,4,7-19H2,1-3,5-6H3/t21-,23+,24+,25+,26?,27+,28+,30+,31-/m1/s1. The molecule has 0 saturated heterocycles. The fraction of sp³-hybridized carbons (Fsp3) is 0.903. The highest BCUT2D eigenvalue weighted by Gasteiger charge is 2.60. The fourth-order valence-corrected chi connectivity index (χ4v) is 9.65. The molecule has 4 fully saturated rings. The van der Waals surface area contributed by atoms with Crippen LogP contribution < -0.4 is 0 Å². The molecule has 4 aliphatic rings. The van der Waals surface area contributed by atoms with Crippen molar-refractivity contribution in [1.29, 1.82) is 0 Å². The van der Waals surface area contributed by atoms with E-state index >= 15 is 0 Å². The topological polar surface area (TPSA) is 46.5 Å². The van der Waals surface area contributed by atoms with Crippen LogP contribution in [0.25, 0.3) is 0 Å². The van der Waals surface area contributed by atoms with Crippen molar-refractivity contribution in [1.82, 2.24) is 0 Å². The molecule has 0 spiro atoms. The lowest BCUT2D eigenvalue weighted by atomic mass is 9.44. The number of rotatable bonds is 8. The number of ether oxygens (including phenoxy) is 1. The first-order valence-electron chi connectivity index (χ1n) is 14.6. The quantitative estimate of drug-likeness (QED) is 0.293. The van der Waals surface area contributed by atoms with Gasteiger partial charge in [-0.2, -0.15) is 0 Å². The second kappa shape index (κ2) is 10.3. The molecule has 34 heavy (non-hydrogen) atoms. The van der Waals surface area contributed by atoms with Gasteiger partial charge in [0.15, 0.2) is 0 Å². The van der Waals surface area contributed by atoms with E-state index in [1.807, 2.05) is 0 Å². The molecular formula is C31H52O3. The van der Waals surface area contributed by atoms with Gasteiger partial charge in [-0.15, -0.1) is 0 Å². The van der Waals surface area contributed by atoms with Gasteiger partial charge in [-0.3, -0.25) is 0 Å². The Morgan fingerprint density at radius 1 is 0.971 bits per heavy atom. The van der Waals surface area contributed by atoms with Gasteiger partial charge >= 0.3 is 5.97 Å². The van der Waals surface area contributed by atoms with E-state index in [0.717, 1.165) is 48.3 Å². The van der Waals surface area contributed by atoms with E-state index in [1.165, 1.54) is 64.2 Å². The molecule has 0 aromatic heterocycles. The number of hydrogen-bond acceptors (Lipinski definition) is 3. The molecule has 0 radical (unpaired) electrons. The number of aliphatic hydroxyl groups excluding tert-OH is 1. The Labute approximate surface area is 209 Å². The predicted octanol–water partition coefficient (Wildman–Crippen LogP) is 7.57. The molecule has 1 N–H and O–H groups in total. The summed E-state index contributed by atoms with van der Waals surface area (Å²) >= 11 is 0. The third-order valence-corrected chi connectivity index (χ3v) is 11.6. The second-order valence-electron chi connectivity index (χ2n) is 13.8. The van der Waals surface area contributed by atoms with Gasteiger partial charge in [0.05, 0.1) is 12.2 Å². The molecule has 4 rings (SSSR count). The third-order valence-electron chi connectivity index (χ3n) is 11.6. The Kier molecular flexibility index (Phi) is 7.92. The lowest BCUT2D eigenvalue weighted by molar-refractivity contribution is -0.159. The minimum absolute atomic E-state index is 0.00170. The highest BCUT2D eigenvalue weighted by Crippen LogP contribution is 2.68. The molecule has 1 unspecified atom stereocenters. The van der Waals surface area contributed by atoms with Crippen LogP contribution in [0.15, 0.2) is 12.2 Å². The summed E-state index contributed by atoms with van der Waals surface area (Å²) in [4.78, 5) is 12.2. The zero-order valence-corrected chi connectivity index (χ0v) is 22.8. The van der Waals surface area contributed by atoms with E-state index in [-0.39, 0.29) is 18.3 Å². The van der Waals surface area contributed by atoms with E-state index in [0.29, 0.717) is 16.7 Å². The van der Waals surface area contributed by atoms with Crippen molar-refractivity contribution in [2.24, 2.45) is 52.3 Å². The Balaban J connectivity index is 1.40. The van der Waals surface area contributed by atoms with Gasteiger partial charge in [-0.05, 0) is 110 Å². The van der Waals surface area contributed by atoms with Crippen LogP contribution in [0.2, 0.25) is 0 Å². The minimum atomic E-state index is -0.405. The largest absolute Gasteiger partial charge is 0.459 e. The lowest BCUT2D eigenvalue weighted by Crippen LogP contribution is -2.54. The zero-order valence-electron chi connectivity index (χ0n) is 22.8. The van der Waals surface area contributed by atoms with Crippen molar-refractivity contribution in [3.05, 3.63) is 12.2 Å². The molecule has 0 heterocycles. The van der Waals surface area contributed by atoms with E-state index in [9.17, 15) is 9.90 Å². The fourth-order valence-electron chi connectivity index (χ4n) is 9.65. The molecular weight excluding hydrogens is 420 g/mol. The Hall–Kier alpha value is -0.830. The number of hydrogen-bond donors (Lipinski definition) is 1. The maximum absolute atomic E-state index is 12.2. The molecule has 3 nitrogen and oxygen atoms in total. The molecule has 0 aromatic rings. The van der Waals surface area contributed by atoms with Crippen LogP contribution in [-0.2, 0) is 9.53 Å². The normalized spacial score (nSPS) is 42.4. The molecule has 194 valence electrons. The van der Waals surface area contributed by atoms with Gasteiger partial charge in [-0.25, -0.2) is 4.79 Å². The van der Waals surface area contributed by atoms with Crippen molar-refractivity contribution in [2.45, 2.75) is 118 Å². The van der Waals surface area contributed by atoms with Crippen LogP contribution in [-0.4, -0.2) is 23.8 Å². The van der Waals surface area contributed by atoms with Crippen molar-refractivity contribution < 1.29 is 14.6 Å². The van der Waals surface area contributed by atoms with Crippen LogP contribution >= 0.6 is 0 Å². The number of aliphatic hydroxyl groups is 1. The highest BCUT2D eigenvalue weighted by molar-refractivity contribution is 5.88. The SMILES string of the molecule is C=C(CO)C(=O)O[C@H]1CC[C@@]2(C)[C@@H](CC[C@@H]3[C@@H]2CC[C@]2(C)C([C@H](C)CCCC(C)C)CC[C@@H]32)C1. The van der Waals surface area contributed by atoms with Gasteiger partial charge in [0, 0.05) is 0 Å². The summed E-state index contributed by atoms with van der Waals surface area (Å²) < 4.78 is 5.75. The number of fused-ring (bicyclic) bond motifs is 5. The Bertz CT molecular complexity index is 743. The van der Waals surface area contributed by atoms with Gasteiger partial charge in [0.25, 0.3) is 0 Å². The van der Waals surface area contributed by atoms with Crippen LogP contribution in [0.1, 0.15) is 112 Å². The molecule has 9 atom stereocenters. The van der Waals surface area contributed by atoms with Gasteiger partial charge < -0.3 is 9.84 Å². The molecule has 4 aliphatic carbocycles. The van der Waals surface area contributed by atoms with E-state index in [4.69, 9.17) is 4.74 Å². The Morgan fingerprint density at radius 3 is 2.38 bits per heavy atom. The summed E-state index contributed by atoms with van der Waals surface area (Å²) in [6.45, 7) is 15.9. The molecule has 4 saturated carbocycles. The predicted molar refractivity (Wildman–Crippen MR) is 139 cm³/mol. The van der Waals surface area contributed by atoms with Crippen LogP contribution in [0.3, 0.4) is 0 Å². The molecule has 3 heteroatoms. The monoisotopic (exact) mass is 472 g/mol. The van der Waals surface area contributed by atoms with Crippen molar-refractivity contribution in [2.75, 3.05) is 6.61 Å². The molecule has 0 aromatic carbocycles. The highest BCUT2D eigenvalue weighted by atomic mass is 16.5. The first kappa shape index (κ1) is 26.2. The minimum Gasteiger partial charge on any atom is -0.459 e. The first-order chi connectivity index (χ1) is 16.1. The van der Waals surface area contributed by atoms with E-state index in [2.05, 4.69) is 41.2 Å². The maximum atomic E-state index is 12.2. The van der Waals surface area contributed by atoms with Gasteiger partial charge in [-0.1, -0.05) is 60.5 Å². The third kappa shape index (κ3) is 4.76. The average molecular weight is 473 g/mol. The summed E-state index contributed by atoms with van der Waals surface area (Å²) in [6, 6.07) is 0. The average Bonchev–Trinajstić information content (AvgIpc) is 3.15. The summed E-state index contributed by atoms with van der Waals surface area (Å²) in [5.41, 5.74) is 1.14. The van der Waals surface area contributed by atoms with Crippen LogP contribution in [0.5, 0.6) is 0 Å². The molecule has 0 aliphatic heterocycles. The zero-order chi connectivity index (χ0) is 24.7. The summed E-state index contributed by atoms with van der Waals surface area (Å²) in [7, 11) is 0. The molecule has 0 bridgehead atoms. The number of esters is 1. The van der Waals surface area contributed by atoms with Crippen molar-refractivity contribution in [3.63, 3.8) is 0 Å². The van der Waals surface area contributed by atoms with Gasteiger partial charge in [0.1, 0.15) is 6.10 Å². The van der Waals surface area contributed by atoms with Crippen molar-refractivity contribution >= 4 is 5.97 Å². The van der Waals surface area contributed by atoms with E-state index < -0.39 is 5.97 Å². The summed E-state index contributed by atoms with van der Waals surface area (Å²) in [5.74, 6) is 5.56.